The highest BCUT2D eigenvalue weighted by Gasteiger charge is 2.26. The van der Waals surface area contributed by atoms with Gasteiger partial charge in [-0.25, -0.2) is 0 Å². The van der Waals surface area contributed by atoms with Crippen LogP contribution in [0.15, 0.2) is 9.59 Å². The third-order valence-electron chi connectivity index (χ3n) is 3.19. The summed E-state index contributed by atoms with van der Waals surface area (Å²) in [5, 5.41) is 0. The lowest BCUT2D eigenvalue weighted by molar-refractivity contribution is 0.414. The molecule has 1 saturated heterocycles. The molecule has 1 fully saturated rings. The van der Waals surface area contributed by atoms with Crippen LogP contribution in [0.5, 0.6) is 0 Å². The Labute approximate surface area is 87.4 Å². The highest BCUT2D eigenvalue weighted by molar-refractivity contribution is 5.72. The molecule has 2 rings (SSSR count). The minimum Gasteiger partial charge on any atom is -0.394 e. The van der Waals surface area contributed by atoms with E-state index in [-0.39, 0.29) is 5.69 Å². The molecule has 4 N–H and O–H groups in total. The zero-order valence-corrected chi connectivity index (χ0v) is 8.53. The van der Waals surface area contributed by atoms with Gasteiger partial charge in [0.15, 0.2) is 0 Å². The summed E-state index contributed by atoms with van der Waals surface area (Å²) in [6, 6.07) is 0. The second kappa shape index (κ2) is 3.66. The van der Waals surface area contributed by atoms with Crippen molar-refractivity contribution in [3.8, 4) is 0 Å². The monoisotopic (exact) mass is 209 g/mol. The fourth-order valence-electron chi connectivity index (χ4n) is 2.10. The third kappa shape index (κ3) is 1.52. The summed E-state index contributed by atoms with van der Waals surface area (Å²) >= 11 is 0. The third-order valence-corrected chi connectivity index (χ3v) is 3.19. The molecule has 1 aliphatic heterocycles. The average Bonchev–Trinajstić information content (AvgIpc) is 2.30. The van der Waals surface area contributed by atoms with Gasteiger partial charge in [-0.2, -0.15) is 0 Å². The van der Waals surface area contributed by atoms with E-state index in [4.69, 9.17) is 11.5 Å². The van der Waals surface area contributed by atoms with Crippen LogP contribution in [0.2, 0.25) is 0 Å². The molecule has 0 amide bonds. The number of nitrogens with two attached hydrogens (primary N) is 2. The topological polar surface area (TPSA) is 89.4 Å². The van der Waals surface area contributed by atoms with E-state index in [0.717, 1.165) is 25.9 Å². The Morgan fingerprint density at radius 3 is 2.27 bits per heavy atom. The van der Waals surface area contributed by atoms with Crippen molar-refractivity contribution >= 4 is 11.4 Å². The largest absolute Gasteiger partial charge is 0.394 e. The van der Waals surface area contributed by atoms with Crippen molar-refractivity contribution in [2.24, 2.45) is 11.7 Å². The predicted molar refractivity (Wildman–Crippen MR) is 59.8 cm³/mol. The van der Waals surface area contributed by atoms with Gasteiger partial charge in [0.2, 0.25) is 0 Å². The van der Waals surface area contributed by atoms with Gasteiger partial charge in [-0.3, -0.25) is 9.59 Å². The number of hydrogen-bond donors (Lipinski definition) is 2. The standard InChI is InChI=1S/C10H15N3O2/c11-5-6-1-3-13(4-2-6)8-7(12)9(14)10(8)15/h6H,1-5,11-12H2. The number of anilines is 2. The van der Waals surface area contributed by atoms with Crippen LogP contribution in [0.1, 0.15) is 12.8 Å². The summed E-state index contributed by atoms with van der Waals surface area (Å²) in [6.45, 7) is 2.24. The van der Waals surface area contributed by atoms with Crippen molar-refractivity contribution in [3.63, 3.8) is 0 Å². The lowest BCUT2D eigenvalue weighted by atomic mass is 9.96. The maximum absolute atomic E-state index is 11.3. The van der Waals surface area contributed by atoms with Crippen molar-refractivity contribution in [3.05, 3.63) is 20.4 Å². The number of nitrogens with zero attached hydrogens (tertiary/aromatic N) is 1. The van der Waals surface area contributed by atoms with E-state index in [1.165, 1.54) is 0 Å². The second-order valence-corrected chi connectivity index (χ2v) is 4.09. The highest BCUT2D eigenvalue weighted by Crippen LogP contribution is 2.23. The summed E-state index contributed by atoms with van der Waals surface area (Å²) in [7, 11) is 0. The molecule has 1 heterocycles. The molecule has 0 saturated carbocycles. The first-order valence-electron chi connectivity index (χ1n) is 5.19. The van der Waals surface area contributed by atoms with Gasteiger partial charge in [-0.05, 0) is 25.3 Å². The number of nitrogen functional groups attached to an aromatic ring is 1. The summed E-state index contributed by atoms with van der Waals surface area (Å²) in [5.74, 6) is 0.536. The van der Waals surface area contributed by atoms with Gasteiger partial charge in [-0.1, -0.05) is 0 Å². The molecule has 0 spiro atoms. The van der Waals surface area contributed by atoms with Gasteiger partial charge < -0.3 is 16.4 Å². The normalized spacial score (nSPS) is 18.6. The Morgan fingerprint density at radius 1 is 1.20 bits per heavy atom. The summed E-state index contributed by atoms with van der Waals surface area (Å²) in [6.07, 6.45) is 1.93. The first-order chi connectivity index (χ1) is 7.15. The molecule has 1 aromatic carbocycles. The van der Waals surface area contributed by atoms with E-state index in [0.29, 0.717) is 18.2 Å². The Balaban J connectivity index is 2.09. The van der Waals surface area contributed by atoms with E-state index in [9.17, 15) is 9.59 Å². The molecule has 15 heavy (non-hydrogen) atoms. The Morgan fingerprint density at radius 2 is 1.80 bits per heavy atom. The zero-order valence-electron chi connectivity index (χ0n) is 8.53. The molecular formula is C10H15N3O2. The Hall–Kier alpha value is -1.36. The van der Waals surface area contributed by atoms with Crippen molar-refractivity contribution in [1.82, 2.24) is 0 Å². The number of hydrogen-bond acceptors (Lipinski definition) is 5. The molecule has 0 bridgehead atoms. The predicted octanol–water partition coefficient (Wildman–Crippen LogP) is -0.960. The van der Waals surface area contributed by atoms with Crippen molar-refractivity contribution in [2.75, 3.05) is 30.3 Å². The van der Waals surface area contributed by atoms with E-state index in [1.54, 1.807) is 0 Å². The highest BCUT2D eigenvalue weighted by atomic mass is 16.2. The van der Waals surface area contributed by atoms with Gasteiger partial charge in [0.25, 0.3) is 10.9 Å². The Bertz CT molecular complexity index is 426. The SMILES string of the molecule is NCC1CCN(c2c(N)c(=O)c2=O)CC1. The summed E-state index contributed by atoms with van der Waals surface area (Å²) in [4.78, 5) is 24.1. The first kappa shape index (κ1) is 10.2. The average molecular weight is 209 g/mol. The molecule has 0 unspecified atom stereocenters. The van der Waals surface area contributed by atoms with Crippen LogP contribution in [-0.4, -0.2) is 19.6 Å². The number of rotatable bonds is 2. The van der Waals surface area contributed by atoms with Crippen molar-refractivity contribution < 1.29 is 0 Å². The smallest absolute Gasteiger partial charge is 0.253 e. The van der Waals surface area contributed by atoms with Crippen molar-refractivity contribution in [2.45, 2.75) is 12.8 Å². The van der Waals surface area contributed by atoms with Crippen LogP contribution < -0.4 is 27.2 Å². The van der Waals surface area contributed by atoms with Crippen molar-refractivity contribution in [1.29, 1.82) is 0 Å². The maximum atomic E-state index is 11.3. The van der Waals surface area contributed by atoms with Gasteiger partial charge in [0.1, 0.15) is 11.4 Å². The molecule has 1 aliphatic rings. The second-order valence-electron chi connectivity index (χ2n) is 4.09. The van der Waals surface area contributed by atoms with Gasteiger partial charge in [0, 0.05) is 13.1 Å². The molecule has 5 nitrogen and oxygen atoms in total. The fourth-order valence-corrected chi connectivity index (χ4v) is 2.10. The first-order valence-corrected chi connectivity index (χ1v) is 5.19. The molecular weight excluding hydrogens is 194 g/mol. The number of piperidine rings is 1. The Kier molecular flexibility index (Phi) is 2.48. The molecule has 5 heteroatoms. The van der Waals surface area contributed by atoms with Crippen LogP contribution in [0.25, 0.3) is 0 Å². The quantitative estimate of drug-likeness (QED) is 0.612. The van der Waals surface area contributed by atoms with Gasteiger partial charge >= 0.3 is 0 Å². The summed E-state index contributed by atoms with van der Waals surface area (Å²) in [5.41, 5.74) is 10.7. The van der Waals surface area contributed by atoms with Crippen LogP contribution >= 0.6 is 0 Å². The van der Waals surface area contributed by atoms with Crippen LogP contribution in [0.4, 0.5) is 11.4 Å². The van der Waals surface area contributed by atoms with E-state index in [1.807, 2.05) is 4.90 Å². The lowest BCUT2D eigenvalue weighted by Gasteiger charge is -2.33. The van der Waals surface area contributed by atoms with Gasteiger partial charge in [0.05, 0.1) is 0 Å². The molecule has 82 valence electrons. The van der Waals surface area contributed by atoms with Crippen LogP contribution in [0, 0.1) is 5.92 Å². The minimum atomic E-state index is -0.536. The summed E-state index contributed by atoms with van der Waals surface area (Å²) < 4.78 is 0. The lowest BCUT2D eigenvalue weighted by Crippen LogP contribution is -2.46. The molecule has 0 aliphatic carbocycles. The van der Waals surface area contributed by atoms with E-state index < -0.39 is 10.9 Å². The maximum Gasteiger partial charge on any atom is 0.253 e. The van der Waals surface area contributed by atoms with E-state index >= 15 is 0 Å². The molecule has 0 atom stereocenters. The zero-order chi connectivity index (χ0) is 11.0. The van der Waals surface area contributed by atoms with E-state index in [2.05, 4.69) is 0 Å². The molecule has 0 aromatic heterocycles. The molecule has 0 radical (unpaired) electrons. The minimum absolute atomic E-state index is 0.131. The van der Waals surface area contributed by atoms with Crippen LogP contribution in [-0.2, 0) is 0 Å². The fraction of sp³-hybridized carbons (Fsp3) is 0.600. The van der Waals surface area contributed by atoms with Gasteiger partial charge in [-0.15, -0.1) is 0 Å². The molecule has 1 aromatic rings. The van der Waals surface area contributed by atoms with Crippen LogP contribution in [0.3, 0.4) is 0 Å².